The van der Waals surface area contributed by atoms with Gasteiger partial charge in [0.05, 0.1) is 26.4 Å². The Morgan fingerprint density at radius 3 is 2.90 bits per heavy atom. The summed E-state index contributed by atoms with van der Waals surface area (Å²) in [7, 11) is 2.93. The Balaban J connectivity index is 2.32. The lowest BCUT2D eigenvalue weighted by Crippen LogP contribution is -2.29. The van der Waals surface area contributed by atoms with E-state index in [1.807, 2.05) is 0 Å². The molecule has 0 radical (unpaired) electrons. The summed E-state index contributed by atoms with van der Waals surface area (Å²) in [5, 5.41) is 18.8. The third-order valence-electron chi connectivity index (χ3n) is 3.22. The van der Waals surface area contributed by atoms with Gasteiger partial charge in [0.2, 0.25) is 0 Å². The van der Waals surface area contributed by atoms with Gasteiger partial charge in [-0.1, -0.05) is 0 Å². The molecule has 1 aromatic heterocycles. The number of rotatable bonds is 6. The Morgan fingerprint density at radius 1 is 1.57 bits per heavy atom. The summed E-state index contributed by atoms with van der Waals surface area (Å²) in [6.45, 7) is -0.0915. The minimum Gasteiger partial charge on any atom is -0.394 e. The normalized spacial score (nSPS) is 25.2. The van der Waals surface area contributed by atoms with E-state index in [1.54, 1.807) is 0 Å². The molecule has 1 fully saturated rings. The minimum atomic E-state index is -0.824. The summed E-state index contributed by atoms with van der Waals surface area (Å²) in [5.74, 6) is 0.262. The van der Waals surface area contributed by atoms with Crippen LogP contribution < -0.4 is 11.2 Å². The van der Waals surface area contributed by atoms with Crippen LogP contribution in [0.5, 0.6) is 0 Å². The van der Waals surface area contributed by atoms with Gasteiger partial charge in [-0.15, -0.1) is 0 Å². The molecule has 0 aromatic carbocycles. The molecule has 0 spiro atoms. The fraction of sp³-hybridized carbons (Fsp3) is 0.667. The molecule has 1 aliphatic heterocycles. The van der Waals surface area contributed by atoms with E-state index in [0.717, 1.165) is 0 Å². The summed E-state index contributed by atoms with van der Waals surface area (Å²) >= 11 is 0. The fourth-order valence-corrected chi connectivity index (χ4v) is 2.21. The van der Waals surface area contributed by atoms with Crippen molar-refractivity contribution in [2.75, 3.05) is 26.3 Å². The zero-order chi connectivity index (χ0) is 15.4. The van der Waals surface area contributed by atoms with Crippen molar-refractivity contribution < 1.29 is 24.5 Å². The summed E-state index contributed by atoms with van der Waals surface area (Å²) in [6.07, 6.45) is -0.461. The lowest BCUT2D eigenvalue weighted by atomic mass is 10.2. The monoisotopic (exact) mass is 301 g/mol. The highest BCUT2D eigenvalue weighted by atomic mass is 16.6. The van der Waals surface area contributed by atoms with Crippen LogP contribution in [0.1, 0.15) is 18.2 Å². The molecule has 3 N–H and O–H groups in total. The molecular weight excluding hydrogens is 282 g/mol. The molecule has 21 heavy (non-hydrogen) atoms. The van der Waals surface area contributed by atoms with Crippen LogP contribution in [0.2, 0.25) is 0 Å². The average molecular weight is 301 g/mol. The zero-order valence-electron chi connectivity index (χ0n) is 11.9. The number of hydrogen-bond acceptors (Lipinski definition) is 8. The molecule has 3 atom stereocenters. The van der Waals surface area contributed by atoms with Crippen molar-refractivity contribution in [2.45, 2.75) is 31.5 Å². The van der Waals surface area contributed by atoms with E-state index in [0.29, 0.717) is 5.56 Å². The van der Waals surface area contributed by atoms with E-state index in [2.05, 4.69) is 10.5 Å². The number of ether oxygens (including phenoxy) is 2. The number of aliphatic hydroxyl groups excluding tert-OH is 2. The Bertz CT molecular complexity index is 534. The maximum Gasteiger partial charge on any atom is 0.351 e. The van der Waals surface area contributed by atoms with Gasteiger partial charge in [0.1, 0.15) is 12.3 Å². The molecule has 2 heterocycles. The number of anilines is 1. The van der Waals surface area contributed by atoms with Crippen molar-refractivity contribution in [1.29, 1.82) is 0 Å². The second-order valence-electron chi connectivity index (χ2n) is 4.66. The lowest BCUT2D eigenvalue weighted by Gasteiger charge is -2.17. The van der Waals surface area contributed by atoms with Crippen LogP contribution in [0.3, 0.4) is 0 Å². The zero-order valence-corrected chi connectivity index (χ0v) is 11.9. The van der Waals surface area contributed by atoms with Crippen LogP contribution in [-0.4, -0.2) is 52.8 Å². The molecule has 0 unspecified atom stereocenters. The van der Waals surface area contributed by atoms with E-state index in [4.69, 9.17) is 19.4 Å². The average Bonchev–Trinajstić information content (AvgIpc) is 2.83. The number of methoxy groups -OCH3 is 1. The molecule has 0 bridgehead atoms. The number of hydrogen-bond donors (Lipinski definition) is 3. The van der Waals surface area contributed by atoms with Crippen LogP contribution in [0.25, 0.3) is 0 Å². The summed E-state index contributed by atoms with van der Waals surface area (Å²) in [4.78, 5) is 20.7. The van der Waals surface area contributed by atoms with Crippen molar-refractivity contribution in [3.8, 4) is 0 Å². The van der Waals surface area contributed by atoms with E-state index < -0.39 is 24.1 Å². The first kappa shape index (κ1) is 15.9. The Morgan fingerprint density at radius 2 is 2.33 bits per heavy atom. The third-order valence-corrected chi connectivity index (χ3v) is 3.22. The maximum absolute atomic E-state index is 12.1. The Hall–Kier alpha value is -1.52. The van der Waals surface area contributed by atoms with Gasteiger partial charge < -0.3 is 19.7 Å². The Kier molecular flexibility index (Phi) is 5.26. The highest BCUT2D eigenvalue weighted by Gasteiger charge is 2.35. The topological polar surface area (TPSA) is 115 Å². The summed E-state index contributed by atoms with van der Waals surface area (Å²) in [5.41, 5.74) is 2.56. The van der Waals surface area contributed by atoms with E-state index in [1.165, 1.54) is 25.0 Å². The maximum atomic E-state index is 12.1. The van der Waals surface area contributed by atoms with E-state index in [9.17, 15) is 9.90 Å². The third kappa shape index (κ3) is 3.39. The first-order chi connectivity index (χ1) is 10.1. The highest BCUT2D eigenvalue weighted by Crippen LogP contribution is 2.28. The van der Waals surface area contributed by atoms with Crippen LogP contribution in [-0.2, 0) is 20.9 Å². The van der Waals surface area contributed by atoms with Crippen molar-refractivity contribution in [3.05, 3.63) is 22.2 Å². The molecule has 1 saturated heterocycles. The molecular formula is C12H19N3O6. The van der Waals surface area contributed by atoms with Gasteiger partial charge in [-0.25, -0.2) is 10.3 Å². The molecule has 2 rings (SSSR count). The number of aliphatic hydroxyl groups is 2. The van der Waals surface area contributed by atoms with Gasteiger partial charge in [-0.05, 0) is 0 Å². The quantitative estimate of drug-likeness (QED) is 0.573. The van der Waals surface area contributed by atoms with Crippen molar-refractivity contribution >= 4 is 5.82 Å². The molecule has 1 aromatic rings. The molecule has 0 aliphatic carbocycles. The second-order valence-corrected chi connectivity index (χ2v) is 4.66. The number of nitrogens with zero attached hydrogens (tertiary/aromatic N) is 2. The Labute approximate surface area is 121 Å². The molecule has 9 heteroatoms. The van der Waals surface area contributed by atoms with Crippen molar-refractivity contribution in [2.24, 2.45) is 0 Å². The van der Waals surface area contributed by atoms with Crippen LogP contribution >= 0.6 is 0 Å². The largest absolute Gasteiger partial charge is 0.394 e. The van der Waals surface area contributed by atoms with Crippen molar-refractivity contribution in [3.63, 3.8) is 0 Å². The lowest BCUT2D eigenvalue weighted by molar-refractivity contribution is -0.0460. The predicted molar refractivity (Wildman–Crippen MR) is 71.5 cm³/mol. The summed E-state index contributed by atoms with van der Waals surface area (Å²) < 4.78 is 11.8. The molecule has 0 saturated carbocycles. The van der Waals surface area contributed by atoms with Gasteiger partial charge in [0.25, 0.3) is 0 Å². The second kappa shape index (κ2) is 6.96. The van der Waals surface area contributed by atoms with Crippen molar-refractivity contribution in [1.82, 2.24) is 9.55 Å². The molecule has 0 amide bonds. The van der Waals surface area contributed by atoms with Crippen LogP contribution in [0, 0.1) is 0 Å². The summed E-state index contributed by atoms with van der Waals surface area (Å²) in [6, 6.07) is 0. The standard InChI is InChI=1S/C12H19N3O6/c1-19-6-7-4-15(12(18)13-11(7)14-20-2)10-3-8(17)9(5-16)21-10/h4,8-10,16-17H,3,5-6H2,1-2H3,(H,13,14,18)/t8-,9+,10+/m0/s1. The van der Waals surface area contributed by atoms with Gasteiger partial charge >= 0.3 is 5.69 Å². The van der Waals surface area contributed by atoms with Gasteiger partial charge in [0, 0.05) is 25.3 Å². The number of nitrogens with one attached hydrogen (secondary N) is 1. The molecule has 118 valence electrons. The fourth-order valence-electron chi connectivity index (χ4n) is 2.21. The van der Waals surface area contributed by atoms with Gasteiger partial charge in [0.15, 0.2) is 5.82 Å². The van der Waals surface area contributed by atoms with E-state index >= 15 is 0 Å². The molecule has 9 nitrogen and oxygen atoms in total. The van der Waals surface area contributed by atoms with Crippen LogP contribution in [0.15, 0.2) is 11.0 Å². The predicted octanol–water partition coefficient (Wildman–Crippen LogP) is -0.996. The smallest absolute Gasteiger partial charge is 0.351 e. The van der Waals surface area contributed by atoms with Gasteiger partial charge in [-0.3, -0.25) is 9.40 Å². The van der Waals surface area contributed by atoms with E-state index in [-0.39, 0.29) is 25.5 Å². The van der Waals surface area contributed by atoms with Gasteiger partial charge in [-0.2, -0.15) is 4.98 Å². The van der Waals surface area contributed by atoms with Crippen LogP contribution in [0.4, 0.5) is 5.82 Å². The number of aromatic nitrogens is 2. The SMILES string of the molecule is COCc1cn([C@H]2C[C@H](O)[C@@H](CO)O2)c(=O)nc1NOC. The first-order valence-corrected chi connectivity index (χ1v) is 6.45. The first-order valence-electron chi connectivity index (χ1n) is 6.45. The minimum absolute atomic E-state index is 0.205. The highest BCUT2D eigenvalue weighted by molar-refractivity contribution is 5.39. The molecule has 1 aliphatic rings.